The Labute approximate surface area is 130 Å². The number of hydrogen-bond donors (Lipinski definition) is 0. The lowest BCUT2D eigenvalue weighted by molar-refractivity contribution is -0.0736. The Morgan fingerprint density at radius 1 is 1.29 bits per heavy atom. The van der Waals surface area contributed by atoms with Crippen LogP contribution in [0.5, 0.6) is 0 Å². The lowest BCUT2D eigenvalue weighted by Crippen LogP contribution is -2.54. The van der Waals surface area contributed by atoms with E-state index in [2.05, 4.69) is 23.7 Å². The van der Waals surface area contributed by atoms with Crippen molar-refractivity contribution in [3.05, 3.63) is 30.0 Å². The molecule has 1 unspecified atom stereocenters. The molecular weight excluding hydrogens is 286 g/mol. The predicted octanol–water partition coefficient (Wildman–Crippen LogP) is 3.16. The van der Waals surface area contributed by atoms with Gasteiger partial charge in [0.1, 0.15) is 0 Å². The number of aryl methyl sites for hydroxylation is 1. The van der Waals surface area contributed by atoms with Crippen LogP contribution < -0.4 is 4.90 Å². The smallest absolute Gasteiger partial charge is 0.150 e. The van der Waals surface area contributed by atoms with Crippen LogP contribution in [-0.2, 0) is 4.74 Å². The van der Waals surface area contributed by atoms with Gasteiger partial charge in [0.25, 0.3) is 0 Å². The Hall–Kier alpha value is -1.39. The molecule has 0 radical (unpaired) electrons. The number of nitrogens with zero attached hydrogens (tertiary/aromatic N) is 3. The molecule has 0 aliphatic carbocycles. The van der Waals surface area contributed by atoms with Crippen molar-refractivity contribution in [1.82, 2.24) is 9.97 Å². The average molecular weight is 306 g/mol. The number of hydrogen-bond acceptors (Lipinski definition) is 4. The van der Waals surface area contributed by atoms with E-state index in [9.17, 15) is 0 Å². The van der Waals surface area contributed by atoms with Crippen molar-refractivity contribution < 1.29 is 4.74 Å². The number of fused-ring (bicyclic) bond motifs is 1. The number of benzene rings is 1. The Morgan fingerprint density at radius 2 is 1.95 bits per heavy atom. The van der Waals surface area contributed by atoms with Crippen LogP contribution in [0.2, 0.25) is 0 Å². The molecule has 1 fully saturated rings. The Bertz CT molecular complexity index is 659. The molecule has 0 N–H and O–H groups in total. The quantitative estimate of drug-likeness (QED) is 0.799. The normalized spacial score (nSPS) is 21.7. The van der Waals surface area contributed by atoms with Gasteiger partial charge in [-0.05, 0) is 32.9 Å². The SMILES string of the molecule is Cc1nc2ccccc2nc1N1CC(CCl)OC(C)(C)C1. The molecule has 5 heteroatoms. The molecule has 1 aliphatic rings. The zero-order valence-corrected chi connectivity index (χ0v) is 13.4. The summed E-state index contributed by atoms with van der Waals surface area (Å²) in [5, 5.41) is 0. The first-order chi connectivity index (χ1) is 9.98. The number of morpholine rings is 1. The summed E-state index contributed by atoms with van der Waals surface area (Å²) in [6.45, 7) is 7.72. The summed E-state index contributed by atoms with van der Waals surface area (Å²) in [4.78, 5) is 11.7. The topological polar surface area (TPSA) is 38.2 Å². The Balaban J connectivity index is 2.00. The summed E-state index contributed by atoms with van der Waals surface area (Å²) in [5.41, 5.74) is 2.56. The minimum atomic E-state index is -0.239. The van der Waals surface area contributed by atoms with Crippen molar-refractivity contribution in [2.24, 2.45) is 0 Å². The first-order valence-electron chi connectivity index (χ1n) is 7.20. The van der Waals surface area contributed by atoms with Crippen LogP contribution in [0.25, 0.3) is 11.0 Å². The van der Waals surface area contributed by atoms with Crippen LogP contribution in [0.1, 0.15) is 19.5 Å². The monoisotopic (exact) mass is 305 g/mol. The minimum absolute atomic E-state index is 0.0167. The standard InChI is InChI=1S/C16H20ClN3O/c1-11-15(19-14-7-5-4-6-13(14)18-11)20-9-12(8-17)21-16(2,3)10-20/h4-7,12H,8-10H2,1-3H3. The van der Waals surface area contributed by atoms with Crippen molar-refractivity contribution in [2.75, 3.05) is 23.9 Å². The molecule has 21 heavy (non-hydrogen) atoms. The van der Waals surface area contributed by atoms with E-state index in [1.807, 2.05) is 31.2 Å². The number of anilines is 1. The minimum Gasteiger partial charge on any atom is -0.367 e. The van der Waals surface area contributed by atoms with E-state index < -0.39 is 0 Å². The van der Waals surface area contributed by atoms with Crippen molar-refractivity contribution in [2.45, 2.75) is 32.5 Å². The van der Waals surface area contributed by atoms with E-state index >= 15 is 0 Å². The Morgan fingerprint density at radius 3 is 2.62 bits per heavy atom. The number of rotatable bonds is 2. The number of ether oxygens (including phenoxy) is 1. The fourth-order valence-electron chi connectivity index (χ4n) is 2.92. The highest BCUT2D eigenvalue weighted by molar-refractivity contribution is 6.18. The highest BCUT2D eigenvalue weighted by Gasteiger charge is 2.34. The summed E-state index contributed by atoms with van der Waals surface area (Å²) in [6, 6.07) is 7.96. The maximum atomic E-state index is 6.01. The maximum absolute atomic E-state index is 6.01. The van der Waals surface area contributed by atoms with E-state index in [-0.39, 0.29) is 11.7 Å². The summed E-state index contributed by atoms with van der Waals surface area (Å²) in [7, 11) is 0. The van der Waals surface area contributed by atoms with Crippen LogP contribution in [0.3, 0.4) is 0 Å². The number of alkyl halides is 1. The molecule has 3 rings (SSSR count). The first-order valence-corrected chi connectivity index (χ1v) is 7.74. The molecule has 0 saturated carbocycles. The van der Waals surface area contributed by atoms with Gasteiger partial charge in [-0.3, -0.25) is 0 Å². The third kappa shape index (κ3) is 2.97. The first kappa shape index (κ1) is 14.5. The zero-order chi connectivity index (χ0) is 15.0. The molecule has 1 aliphatic heterocycles. The van der Waals surface area contributed by atoms with Gasteiger partial charge < -0.3 is 9.64 Å². The van der Waals surface area contributed by atoms with Crippen molar-refractivity contribution in [3.63, 3.8) is 0 Å². The highest BCUT2D eigenvalue weighted by Crippen LogP contribution is 2.28. The van der Waals surface area contributed by atoms with Gasteiger partial charge >= 0.3 is 0 Å². The van der Waals surface area contributed by atoms with Gasteiger partial charge in [0.2, 0.25) is 0 Å². The van der Waals surface area contributed by atoms with E-state index in [0.29, 0.717) is 5.88 Å². The predicted molar refractivity (Wildman–Crippen MR) is 86.2 cm³/mol. The van der Waals surface area contributed by atoms with Gasteiger partial charge in [0.15, 0.2) is 5.82 Å². The number of halogens is 1. The van der Waals surface area contributed by atoms with E-state index in [0.717, 1.165) is 35.6 Å². The molecule has 1 aromatic heterocycles. The largest absolute Gasteiger partial charge is 0.367 e. The summed E-state index contributed by atoms with van der Waals surface area (Å²) in [6.07, 6.45) is 0.0167. The van der Waals surface area contributed by atoms with Gasteiger partial charge in [0, 0.05) is 13.1 Å². The lowest BCUT2D eigenvalue weighted by Gasteiger charge is -2.43. The second-order valence-corrected chi connectivity index (χ2v) is 6.46. The molecule has 2 aromatic rings. The maximum Gasteiger partial charge on any atom is 0.150 e. The molecule has 1 saturated heterocycles. The van der Waals surface area contributed by atoms with Crippen LogP contribution in [0, 0.1) is 6.92 Å². The van der Waals surface area contributed by atoms with Crippen molar-refractivity contribution in [3.8, 4) is 0 Å². The molecule has 0 amide bonds. The second-order valence-electron chi connectivity index (χ2n) is 6.16. The fourth-order valence-corrected chi connectivity index (χ4v) is 3.08. The van der Waals surface area contributed by atoms with Crippen LogP contribution in [-0.4, -0.2) is 40.6 Å². The summed E-state index contributed by atoms with van der Waals surface area (Å²) >= 11 is 6.01. The molecular formula is C16H20ClN3O. The van der Waals surface area contributed by atoms with Gasteiger partial charge in [-0.2, -0.15) is 0 Å². The van der Waals surface area contributed by atoms with Crippen molar-refractivity contribution >= 4 is 28.5 Å². The van der Waals surface area contributed by atoms with Gasteiger partial charge in [-0.25, -0.2) is 9.97 Å². The molecule has 2 heterocycles. The molecule has 1 atom stereocenters. The third-order valence-corrected chi connectivity index (χ3v) is 4.02. The fraction of sp³-hybridized carbons (Fsp3) is 0.500. The van der Waals surface area contributed by atoms with E-state index in [4.69, 9.17) is 21.3 Å². The molecule has 0 bridgehead atoms. The Kier molecular flexibility index (Phi) is 3.76. The van der Waals surface area contributed by atoms with E-state index in [1.165, 1.54) is 0 Å². The van der Waals surface area contributed by atoms with Gasteiger partial charge in [-0.1, -0.05) is 12.1 Å². The van der Waals surface area contributed by atoms with Gasteiger partial charge in [0.05, 0.1) is 34.3 Å². The zero-order valence-electron chi connectivity index (χ0n) is 12.6. The van der Waals surface area contributed by atoms with Crippen LogP contribution in [0.4, 0.5) is 5.82 Å². The van der Waals surface area contributed by atoms with E-state index in [1.54, 1.807) is 0 Å². The molecule has 112 valence electrons. The molecule has 0 spiro atoms. The number of para-hydroxylation sites is 2. The second kappa shape index (κ2) is 5.43. The highest BCUT2D eigenvalue weighted by atomic mass is 35.5. The van der Waals surface area contributed by atoms with Gasteiger partial charge in [-0.15, -0.1) is 11.6 Å². The summed E-state index contributed by atoms with van der Waals surface area (Å²) in [5.74, 6) is 1.42. The molecule has 4 nitrogen and oxygen atoms in total. The molecule has 1 aromatic carbocycles. The number of aromatic nitrogens is 2. The summed E-state index contributed by atoms with van der Waals surface area (Å²) < 4.78 is 5.98. The average Bonchev–Trinajstić information content (AvgIpc) is 2.44. The van der Waals surface area contributed by atoms with Crippen LogP contribution in [0.15, 0.2) is 24.3 Å². The lowest BCUT2D eigenvalue weighted by atomic mass is 10.1. The van der Waals surface area contributed by atoms with Crippen LogP contribution >= 0.6 is 11.6 Å². The third-order valence-electron chi connectivity index (χ3n) is 3.67. The van der Waals surface area contributed by atoms with Crippen molar-refractivity contribution in [1.29, 1.82) is 0 Å².